The number of methoxy groups -OCH3 is 1. The lowest BCUT2D eigenvalue weighted by molar-refractivity contribution is 0.247. The lowest BCUT2D eigenvalue weighted by atomic mass is 9.95. The van der Waals surface area contributed by atoms with Crippen molar-refractivity contribution in [2.75, 3.05) is 12.0 Å². The summed E-state index contributed by atoms with van der Waals surface area (Å²) in [4.78, 5) is 14.2. The number of hydrogen-bond acceptors (Lipinski definition) is 2. The minimum atomic E-state index is -0.536. The minimum absolute atomic E-state index is 0.0119. The summed E-state index contributed by atoms with van der Waals surface area (Å²) < 4.78 is 19.5. The number of halogens is 4. The third-order valence-corrected chi connectivity index (χ3v) is 5.69. The van der Waals surface area contributed by atoms with Gasteiger partial charge in [-0.1, -0.05) is 53.0 Å². The molecule has 0 radical (unpaired) electrons. The lowest BCUT2D eigenvalue weighted by Crippen LogP contribution is -2.41. The molecule has 3 aromatic carbocycles. The molecule has 0 saturated carbocycles. The van der Waals surface area contributed by atoms with E-state index in [1.54, 1.807) is 42.5 Å². The van der Waals surface area contributed by atoms with Crippen LogP contribution >= 0.6 is 34.8 Å². The normalized spacial score (nSPS) is 13.1. The van der Waals surface area contributed by atoms with Gasteiger partial charge in [-0.3, -0.25) is 4.90 Å². The fourth-order valence-electron chi connectivity index (χ4n) is 3.36. The number of urea groups is 1. The number of hydrogen-bond donors (Lipinski definition) is 1. The van der Waals surface area contributed by atoms with Crippen LogP contribution in [0.2, 0.25) is 15.1 Å². The average Bonchev–Trinajstić information content (AvgIpc) is 2.70. The fraction of sp³-hybridized carbons (Fsp3) is 0.0952. The molecule has 0 aliphatic carbocycles. The maximum absolute atomic E-state index is 14.1. The molecule has 8 heteroatoms. The molecule has 0 spiro atoms. The Morgan fingerprint density at radius 1 is 1.03 bits per heavy atom. The van der Waals surface area contributed by atoms with E-state index < -0.39 is 11.8 Å². The number of ether oxygens (including phenoxy) is 1. The van der Waals surface area contributed by atoms with Crippen LogP contribution in [0.25, 0.3) is 11.1 Å². The maximum atomic E-state index is 14.1. The molecule has 2 amide bonds. The van der Waals surface area contributed by atoms with Crippen molar-refractivity contribution in [2.45, 2.75) is 6.54 Å². The van der Waals surface area contributed by atoms with E-state index in [9.17, 15) is 9.18 Å². The molecular weight excluding hydrogens is 438 g/mol. The van der Waals surface area contributed by atoms with Crippen LogP contribution < -0.4 is 15.0 Å². The van der Waals surface area contributed by atoms with Crippen molar-refractivity contribution in [2.24, 2.45) is 0 Å². The molecule has 0 atom stereocenters. The van der Waals surface area contributed by atoms with Gasteiger partial charge in [0.05, 0.1) is 33.6 Å². The Morgan fingerprint density at radius 2 is 1.72 bits per heavy atom. The third kappa shape index (κ3) is 3.39. The number of amides is 2. The van der Waals surface area contributed by atoms with Gasteiger partial charge in [-0.2, -0.15) is 0 Å². The summed E-state index contributed by atoms with van der Waals surface area (Å²) in [5.74, 6) is -0.0615. The number of nitrogens with one attached hydrogen (secondary N) is 1. The highest BCUT2D eigenvalue weighted by Crippen LogP contribution is 2.46. The molecule has 0 bridgehead atoms. The zero-order valence-electron chi connectivity index (χ0n) is 15.1. The molecule has 29 heavy (non-hydrogen) atoms. The Bertz CT molecular complexity index is 1120. The number of benzene rings is 3. The molecule has 148 valence electrons. The number of para-hydroxylation sites is 1. The predicted octanol–water partition coefficient (Wildman–Crippen LogP) is 6.82. The molecule has 0 unspecified atom stereocenters. The van der Waals surface area contributed by atoms with Crippen molar-refractivity contribution in [3.63, 3.8) is 0 Å². The smallest absolute Gasteiger partial charge is 0.326 e. The van der Waals surface area contributed by atoms with Gasteiger partial charge in [-0.25, -0.2) is 9.18 Å². The average molecular weight is 452 g/mol. The van der Waals surface area contributed by atoms with Crippen LogP contribution in [0, 0.1) is 5.82 Å². The van der Waals surface area contributed by atoms with Crippen molar-refractivity contribution in [1.29, 1.82) is 0 Å². The Hall–Kier alpha value is -2.47. The van der Waals surface area contributed by atoms with E-state index in [1.807, 2.05) is 0 Å². The molecule has 1 heterocycles. The number of carbonyl (C=O) groups is 1. The summed E-state index contributed by atoms with van der Waals surface area (Å²) in [6.45, 7) is 0.221. The Kier molecular flexibility index (Phi) is 5.30. The second-order valence-corrected chi connectivity index (χ2v) is 7.53. The van der Waals surface area contributed by atoms with E-state index in [2.05, 4.69) is 5.32 Å². The van der Waals surface area contributed by atoms with Gasteiger partial charge in [-0.05, 0) is 29.8 Å². The maximum Gasteiger partial charge on any atom is 0.326 e. The van der Waals surface area contributed by atoms with Crippen molar-refractivity contribution in [3.05, 3.63) is 75.0 Å². The van der Waals surface area contributed by atoms with Gasteiger partial charge in [0, 0.05) is 23.7 Å². The number of nitrogens with zero attached hydrogens (tertiary/aromatic N) is 1. The highest BCUT2D eigenvalue weighted by molar-refractivity contribution is 6.40. The van der Waals surface area contributed by atoms with Crippen LogP contribution in [0.3, 0.4) is 0 Å². The van der Waals surface area contributed by atoms with Crippen LogP contribution in [0.5, 0.6) is 5.75 Å². The Balaban J connectivity index is 2.02. The lowest BCUT2D eigenvalue weighted by Gasteiger charge is -2.33. The summed E-state index contributed by atoms with van der Waals surface area (Å²) in [7, 11) is 1.51. The minimum Gasteiger partial charge on any atom is -0.497 e. The van der Waals surface area contributed by atoms with Crippen molar-refractivity contribution in [1.82, 2.24) is 5.32 Å². The summed E-state index contributed by atoms with van der Waals surface area (Å²) in [5.41, 5.74) is 2.73. The first kappa shape index (κ1) is 19.8. The third-order valence-electron chi connectivity index (χ3n) is 4.70. The second kappa shape index (κ2) is 7.75. The van der Waals surface area contributed by atoms with Gasteiger partial charge in [-0.15, -0.1) is 0 Å². The first-order valence-electron chi connectivity index (χ1n) is 8.59. The number of anilines is 2. The van der Waals surface area contributed by atoms with Gasteiger partial charge < -0.3 is 10.1 Å². The Morgan fingerprint density at radius 3 is 2.41 bits per heavy atom. The van der Waals surface area contributed by atoms with E-state index in [0.717, 1.165) is 5.56 Å². The monoisotopic (exact) mass is 450 g/mol. The van der Waals surface area contributed by atoms with Gasteiger partial charge in [0.2, 0.25) is 0 Å². The van der Waals surface area contributed by atoms with Gasteiger partial charge in [0.25, 0.3) is 0 Å². The largest absolute Gasteiger partial charge is 0.497 e. The van der Waals surface area contributed by atoms with Crippen LogP contribution in [0.1, 0.15) is 5.56 Å². The highest BCUT2D eigenvalue weighted by Gasteiger charge is 2.31. The second-order valence-electron chi connectivity index (χ2n) is 6.34. The van der Waals surface area contributed by atoms with Crippen LogP contribution in [-0.4, -0.2) is 13.1 Å². The quantitative estimate of drug-likeness (QED) is 0.474. The van der Waals surface area contributed by atoms with Gasteiger partial charge >= 0.3 is 6.03 Å². The SMILES string of the molecule is COc1cc(-c2cccc(F)c2Cl)c2c(c1)N(c1c(Cl)cccc1Cl)C(=O)NC2. The number of fused-ring (bicyclic) bond motifs is 1. The topological polar surface area (TPSA) is 41.6 Å². The van der Waals surface area contributed by atoms with Crippen molar-refractivity contribution in [3.8, 4) is 16.9 Å². The standard InChI is InChI=1S/C21H14Cl3FN2O2/c1-29-11-8-13(12-4-2-7-17(25)19(12)24)14-10-26-21(28)27(18(14)9-11)20-15(22)5-3-6-16(20)23/h2-9H,10H2,1H3,(H,26,28). The predicted molar refractivity (Wildman–Crippen MR) is 114 cm³/mol. The zero-order valence-corrected chi connectivity index (χ0v) is 17.4. The molecule has 3 aromatic rings. The summed E-state index contributed by atoms with van der Waals surface area (Å²) in [5, 5.41) is 3.43. The van der Waals surface area contributed by atoms with E-state index in [-0.39, 0.29) is 11.6 Å². The Labute approximate surface area is 181 Å². The van der Waals surface area contributed by atoms with Crippen molar-refractivity contribution >= 4 is 52.2 Å². The number of carbonyl (C=O) groups excluding carboxylic acids is 1. The highest BCUT2D eigenvalue weighted by atomic mass is 35.5. The molecule has 0 fully saturated rings. The summed E-state index contributed by atoms with van der Waals surface area (Å²) >= 11 is 19.0. The molecule has 4 nitrogen and oxygen atoms in total. The molecule has 0 aromatic heterocycles. The molecule has 1 aliphatic heterocycles. The summed E-state index contributed by atoms with van der Waals surface area (Å²) in [6.07, 6.45) is 0. The first-order chi connectivity index (χ1) is 13.9. The van der Waals surface area contributed by atoms with Crippen molar-refractivity contribution < 1.29 is 13.9 Å². The molecule has 0 saturated heterocycles. The molecule has 1 N–H and O–H groups in total. The molecular formula is C21H14Cl3FN2O2. The molecule has 1 aliphatic rings. The van der Waals surface area contributed by atoms with E-state index in [0.29, 0.717) is 38.3 Å². The number of rotatable bonds is 3. The van der Waals surface area contributed by atoms with E-state index in [4.69, 9.17) is 39.5 Å². The zero-order chi connectivity index (χ0) is 20.7. The fourth-order valence-corrected chi connectivity index (χ4v) is 4.16. The van der Waals surface area contributed by atoms with E-state index in [1.165, 1.54) is 18.1 Å². The van der Waals surface area contributed by atoms with Crippen LogP contribution in [0.15, 0.2) is 48.5 Å². The summed E-state index contributed by atoms with van der Waals surface area (Å²) in [6, 6.07) is 12.6. The van der Waals surface area contributed by atoms with Gasteiger partial charge in [0.1, 0.15) is 11.6 Å². The van der Waals surface area contributed by atoms with Crippen LogP contribution in [-0.2, 0) is 6.54 Å². The van der Waals surface area contributed by atoms with E-state index >= 15 is 0 Å². The first-order valence-corrected chi connectivity index (χ1v) is 9.73. The van der Waals surface area contributed by atoms with Crippen LogP contribution in [0.4, 0.5) is 20.6 Å². The molecule has 4 rings (SSSR count). The van der Waals surface area contributed by atoms with Gasteiger partial charge in [0.15, 0.2) is 0 Å².